The lowest BCUT2D eigenvalue weighted by atomic mass is 9.98. The van der Waals surface area contributed by atoms with E-state index in [2.05, 4.69) is 20.0 Å². The van der Waals surface area contributed by atoms with Crippen LogP contribution in [0.15, 0.2) is 59.5 Å². The van der Waals surface area contributed by atoms with Crippen LogP contribution in [0.4, 0.5) is 5.82 Å². The number of sulfonamides is 1. The van der Waals surface area contributed by atoms with Gasteiger partial charge in [-0.2, -0.15) is 5.10 Å². The maximum atomic E-state index is 12.9. The molecule has 0 bridgehead atoms. The molecule has 2 N–H and O–H groups in total. The second-order valence-electron chi connectivity index (χ2n) is 9.37. The number of piperidine rings is 1. The van der Waals surface area contributed by atoms with E-state index in [9.17, 15) is 13.2 Å². The molecule has 186 valence electrons. The molecule has 1 unspecified atom stereocenters. The molecular formula is C26H33N5O3S. The number of carbonyl (C=O) groups excluding carboxylic acids is 1. The molecule has 2 aromatic carbocycles. The van der Waals surface area contributed by atoms with Gasteiger partial charge >= 0.3 is 0 Å². The minimum absolute atomic E-state index is 0.112. The number of benzene rings is 2. The molecule has 8 nitrogen and oxygen atoms in total. The highest BCUT2D eigenvalue weighted by molar-refractivity contribution is 7.89. The summed E-state index contributed by atoms with van der Waals surface area (Å²) in [7, 11) is -3.55. The number of aryl methyl sites for hydroxylation is 3. The van der Waals surface area contributed by atoms with Crippen LogP contribution in [0.25, 0.3) is 5.69 Å². The van der Waals surface area contributed by atoms with Crippen LogP contribution in [0.1, 0.15) is 29.7 Å². The SMILES string of the molecule is Cc1ccc(-n2nc(C)cc2NC(=O)CN2CCCC(CNS(=O)(=O)c3ccc(C)cc3)C2)cc1. The van der Waals surface area contributed by atoms with Crippen LogP contribution in [0, 0.1) is 26.7 Å². The van der Waals surface area contributed by atoms with Gasteiger partial charge in [0.1, 0.15) is 5.82 Å². The van der Waals surface area contributed by atoms with Crippen molar-refractivity contribution in [2.45, 2.75) is 38.5 Å². The number of carbonyl (C=O) groups is 1. The Bertz CT molecular complexity index is 1270. The highest BCUT2D eigenvalue weighted by Crippen LogP contribution is 2.20. The second kappa shape index (κ2) is 10.7. The number of hydrogen-bond donors (Lipinski definition) is 2. The van der Waals surface area contributed by atoms with Crippen molar-refractivity contribution in [3.05, 3.63) is 71.4 Å². The van der Waals surface area contributed by atoms with Crippen LogP contribution in [0.5, 0.6) is 0 Å². The molecule has 0 aliphatic carbocycles. The van der Waals surface area contributed by atoms with Crippen LogP contribution in [-0.2, 0) is 14.8 Å². The molecule has 0 spiro atoms. The molecule has 9 heteroatoms. The number of hydrogen-bond acceptors (Lipinski definition) is 5. The average molecular weight is 496 g/mol. The lowest BCUT2D eigenvalue weighted by molar-refractivity contribution is -0.117. The van der Waals surface area contributed by atoms with Crippen LogP contribution in [0.3, 0.4) is 0 Å². The Morgan fingerprint density at radius 2 is 1.69 bits per heavy atom. The third-order valence-electron chi connectivity index (χ3n) is 6.24. The Morgan fingerprint density at radius 3 is 2.37 bits per heavy atom. The van der Waals surface area contributed by atoms with E-state index >= 15 is 0 Å². The van der Waals surface area contributed by atoms with Gasteiger partial charge < -0.3 is 5.32 Å². The van der Waals surface area contributed by atoms with E-state index in [1.807, 2.05) is 51.1 Å². The number of nitrogens with one attached hydrogen (secondary N) is 2. The number of rotatable bonds is 8. The molecule has 1 saturated heterocycles. The monoisotopic (exact) mass is 495 g/mol. The zero-order valence-electron chi connectivity index (χ0n) is 20.5. The maximum absolute atomic E-state index is 12.9. The molecule has 1 fully saturated rings. The predicted molar refractivity (Wildman–Crippen MR) is 137 cm³/mol. The summed E-state index contributed by atoms with van der Waals surface area (Å²) >= 11 is 0. The number of amides is 1. The Kier molecular flexibility index (Phi) is 7.69. The molecule has 1 aromatic heterocycles. The van der Waals surface area contributed by atoms with Gasteiger partial charge in [0.2, 0.25) is 15.9 Å². The predicted octanol–water partition coefficient (Wildman–Crippen LogP) is 3.43. The quantitative estimate of drug-likeness (QED) is 0.499. The minimum Gasteiger partial charge on any atom is -0.309 e. The van der Waals surface area contributed by atoms with Crippen molar-refractivity contribution >= 4 is 21.7 Å². The largest absolute Gasteiger partial charge is 0.309 e. The van der Waals surface area contributed by atoms with Gasteiger partial charge in [-0.25, -0.2) is 17.8 Å². The molecule has 2 heterocycles. The zero-order chi connectivity index (χ0) is 25.0. The van der Waals surface area contributed by atoms with Crippen molar-refractivity contribution < 1.29 is 13.2 Å². The smallest absolute Gasteiger partial charge is 0.240 e. The summed E-state index contributed by atoms with van der Waals surface area (Å²) in [5, 5.41) is 7.52. The fourth-order valence-electron chi connectivity index (χ4n) is 4.35. The van der Waals surface area contributed by atoms with Crippen molar-refractivity contribution in [1.82, 2.24) is 19.4 Å². The van der Waals surface area contributed by atoms with Crippen molar-refractivity contribution in [2.75, 3.05) is 31.5 Å². The lowest BCUT2D eigenvalue weighted by Crippen LogP contribution is -2.44. The molecule has 0 saturated carbocycles. The van der Waals surface area contributed by atoms with E-state index in [-0.39, 0.29) is 23.3 Å². The molecule has 35 heavy (non-hydrogen) atoms. The molecule has 1 amide bonds. The van der Waals surface area contributed by atoms with Crippen molar-refractivity contribution in [3.63, 3.8) is 0 Å². The molecule has 1 aliphatic heterocycles. The van der Waals surface area contributed by atoms with Gasteiger partial charge in [-0.1, -0.05) is 35.4 Å². The van der Waals surface area contributed by atoms with Gasteiger partial charge in [-0.15, -0.1) is 0 Å². The third-order valence-corrected chi connectivity index (χ3v) is 7.68. The fraction of sp³-hybridized carbons (Fsp3) is 0.385. The first kappa shape index (κ1) is 25.1. The Hall–Kier alpha value is -3.01. The second-order valence-corrected chi connectivity index (χ2v) is 11.1. The first-order valence-corrected chi connectivity index (χ1v) is 13.4. The van der Waals surface area contributed by atoms with Gasteiger partial charge in [0.25, 0.3) is 0 Å². The number of nitrogens with zero attached hydrogens (tertiary/aromatic N) is 3. The van der Waals surface area contributed by atoms with Crippen molar-refractivity contribution in [1.29, 1.82) is 0 Å². The first-order valence-electron chi connectivity index (χ1n) is 11.9. The molecule has 1 atom stereocenters. The Morgan fingerprint density at radius 1 is 1.03 bits per heavy atom. The van der Waals surface area contributed by atoms with Gasteiger partial charge in [0.05, 0.1) is 22.8 Å². The van der Waals surface area contributed by atoms with Gasteiger partial charge in [0.15, 0.2) is 0 Å². The fourth-order valence-corrected chi connectivity index (χ4v) is 5.46. The number of anilines is 1. The Labute approximate surface area is 207 Å². The zero-order valence-corrected chi connectivity index (χ0v) is 21.3. The number of likely N-dealkylation sites (tertiary alicyclic amines) is 1. The normalized spacial score (nSPS) is 16.8. The van der Waals surface area contributed by atoms with Crippen molar-refractivity contribution in [2.24, 2.45) is 5.92 Å². The number of aromatic nitrogens is 2. The van der Waals surface area contributed by atoms with Crippen molar-refractivity contribution in [3.8, 4) is 5.69 Å². The summed E-state index contributed by atoms with van der Waals surface area (Å²) in [5.74, 6) is 0.673. The van der Waals surface area contributed by atoms with E-state index in [1.54, 1.807) is 28.9 Å². The summed E-state index contributed by atoms with van der Waals surface area (Å²) in [6, 6.07) is 16.7. The summed E-state index contributed by atoms with van der Waals surface area (Å²) in [6.07, 6.45) is 1.85. The van der Waals surface area contributed by atoms with Crippen LogP contribution < -0.4 is 10.0 Å². The minimum atomic E-state index is -3.55. The van der Waals surface area contributed by atoms with E-state index in [1.165, 1.54) is 0 Å². The summed E-state index contributed by atoms with van der Waals surface area (Å²) in [4.78, 5) is 15.2. The average Bonchev–Trinajstić information content (AvgIpc) is 3.18. The van der Waals surface area contributed by atoms with E-state index in [0.717, 1.165) is 41.9 Å². The molecule has 0 radical (unpaired) electrons. The summed E-state index contributed by atoms with van der Waals surface area (Å²) in [5.41, 5.74) is 3.88. The molecule has 4 rings (SSSR count). The van der Waals surface area contributed by atoms with Crippen LogP contribution >= 0.6 is 0 Å². The van der Waals surface area contributed by atoms with E-state index in [4.69, 9.17) is 0 Å². The Balaban J connectivity index is 1.33. The van der Waals surface area contributed by atoms with E-state index in [0.29, 0.717) is 18.9 Å². The standard InChI is InChI=1S/C26H33N5O3S/c1-19-6-10-23(11-7-19)31-25(15-21(3)29-31)28-26(32)18-30-14-4-5-22(17-30)16-27-35(33,34)24-12-8-20(2)9-13-24/h6-13,15,22,27H,4-5,14,16-18H2,1-3H3,(H,28,32). The highest BCUT2D eigenvalue weighted by atomic mass is 32.2. The topological polar surface area (TPSA) is 96.3 Å². The summed E-state index contributed by atoms with van der Waals surface area (Å²) in [6.45, 7) is 7.93. The van der Waals surface area contributed by atoms with Gasteiger partial charge in [-0.3, -0.25) is 9.69 Å². The summed E-state index contributed by atoms with van der Waals surface area (Å²) < 4.78 is 29.7. The molecule has 1 aliphatic rings. The molecule has 3 aromatic rings. The third kappa shape index (κ3) is 6.56. The van der Waals surface area contributed by atoms with Gasteiger partial charge in [0, 0.05) is 19.2 Å². The first-order chi connectivity index (χ1) is 16.7. The van der Waals surface area contributed by atoms with Crippen LogP contribution in [0.2, 0.25) is 0 Å². The lowest BCUT2D eigenvalue weighted by Gasteiger charge is -2.32. The maximum Gasteiger partial charge on any atom is 0.240 e. The molecular weight excluding hydrogens is 462 g/mol. The highest BCUT2D eigenvalue weighted by Gasteiger charge is 2.24. The van der Waals surface area contributed by atoms with Gasteiger partial charge in [-0.05, 0) is 70.3 Å². The van der Waals surface area contributed by atoms with Crippen LogP contribution in [-0.4, -0.2) is 55.2 Å². The van der Waals surface area contributed by atoms with E-state index < -0.39 is 10.0 Å².